The highest BCUT2D eigenvalue weighted by atomic mass is 19.1. The van der Waals surface area contributed by atoms with Crippen LogP contribution in [0.25, 0.3) is 5.69 Å². The second-order valence-electron chi connectivity index (χ2n) is 4.56. The van der Waals surface area contributed by atoms with Gasteiger partial charge in [-0.1, -0.05) is 6.92 Å². The number of carbonyl (C=O) groups is 1. The number of anilines is 1. The van der Waals surface area contributed by atoms with Gasteiger partial charge in [0.1, 0.15) is 5.69 Å². The third-order valence-corrected chi connectivity index (χ3v) is 2.92. The van der Waals surface area contributed by atoms with Crippen LogP contribution in [0.15, 0.2) is 36.7 Å². The lowest BCUT2D eigenvalue weighted by atomic mass is 10.1. The lowest BCUT2D eigenvalue weighted by molar-refractivity contribution is -0.119. The predicted molar refractivity (Wildman–Crippen MR) is 75.2 cm³/mol. The number of amides is 1. The Morgan fingerprint density at radius 3 is 2.90 bits per heavy atom. The average molecular weight is 276 g/mol. The minimum absolute atomic E-state index is 0.148. The Hall–Kier alpha value is -2.21. The van der Waals surface area contributed by atoms with Crippen molar-refractivity contribution >= 4 is 11.6 Å². The molecule has 2 aromatic rings. The van der Waals surface area contributed by atoms with Crippen LogP contribution < -0.4 is 10.6 Å². The first kappa shape index (κ1) is 14.2. The van der Waals surface area contributed by atoms with Crippen LogP contribution in [0.4, 0.5) is 10.1 Å². The second-order valence-corrected chi connectivity index (χ2v) is 4.56. The first-order valence-corrected chi connectivity index (χ1v) is 6.37. The number of nitrogens with zero attached hydrogens (tertiary/aromatic N) is 2. The molecule has 1 unspecified atom stereocenters. The fraction of sp³-hybridized carbons (Fsp3) is 0.286. The van der Waals surface area contributed by atoms with Crippen LogP contribution >= 0.6 is 0 Å². The Balaban J connectivity index is 2.12. The minimum atomic E-state index is -0.437. The molecule has 2 rings (SSSR count). The number of hydrogen-bond donors (Lipinski definition) is 2. The standard InChI is InChI=1S/C14H17FN4O/c1-10(9-16-2)14(20)18-11-4-5-13(12(15)8-11)19-7-3-6-17-19/h3-8,10,16H,9H2,1-2H3,(H,18,20). The topological polar surface area (TPSA) is 59.0 Å². The van der Waals surface area contributed by atoms with Gasteiger partial charge in [-0.15, -0.1) is 0 Å². The van der Waals surface area contributed by atoms with Gasteiger partial charge in [0.2, 0.25) is 5.91 Å². The van der Waals surface area contributed by atoms with Crippen molar-refractivity contribution in [3.63, 3.8) is 0 Å². The third-order valence-electron chi connectivity index (χ3n) is 2.92. The van der Waals surface area contributed by atoms with Gasteiger partial charge < -0.3 is 10.6 Å². The van der Waals surface area contributed by atoms with E-state index in [0.29, 0.717) is 17.9 Å². The van der Waals surface area contributed by atoms with Crippen molar-refractivity contribution < 1.29 is 9.18 Å². The molecule has 0 spiro atoms. The van der Waals surface area contributed by atoms with Crippen LogP contribution in [-0.4, -0.2) is 29.3 Å². The molecule has 0 fully saturated rings. The molecule has 2 N–H and O–H groups in total. The van der Waals surface area contributed by atoms with Crippen molar-refractivity contribution in [3.05, 3.63) is 42.5 Å². The number of hydrogen-bond acceptors (Lipinski definition) is 3. The Kier molecular flexibility index (Phi) is 4.47. The maximum atomic E-state index is 14.0. The second kappa shape index (κ2) is 6.29. The van der Waals surface area contributed by atoms with E-state index in [2.05, 4.69) is 15.7 Å². The van der Waals surface area contributed by atoms with E-state index in [1.165, 1.54) is 10.7 Å². The number of carbonyl (C=O) groups excluding carboxylic acids is 1. The highest BCUT2D eigenvalue weighted by Gasteiger charge is 2.13. The SMILES string of the molecule is CNCC(C)C(=O)Nc1ccc(-n2cccn2)c(F)c1. The normalized spacial score (nSPS) is 12.2. The molecule has 0 saturated carbocycles. The van der Waals surface area contributed by atoms with Crippen LogP contribution in [0.3, 0.4) is 0 Å². The molecule has 0 aliphatic carbocycles. The predicted octanol–water partition coefficient (Wildman–Crippen LogP) is 1.81. The lowest BCUT2D eigenvalue weighted by Crippen LogP contribution is -2.28. The zero-order valence-electron chi connectivity index (χ0n) is 11.4. The van der Waals surface area contributed by atoms with Crippen molar-refractivity contribution in [1.82, 2.24) is 15.1 Å². The number of nitrogens with one attached hydrogen (secondary N) is 2. The quantitative estimate of drug-likeness (QED) is 0.875. The zero-order chi connectivity index (χ0) is 14.5. The highest BCUT2D eigenvalue weighted by Crippen LogP contribution is 2.18. The Labute approximate surface area is 116 Å². The molecule has 5 nitrogen and oxygen atoms in total. The summed E-state index contributed by atoms with van der Waals surface area (Å²) in [5.41, 5.74) is 0.780. The molecular formula is C14H17FN4O. The van der Waals surface area contributed by atoms with E-state index in [9.17, 15) is 9.18 Å². The van der Waals surface area contributed by atoms with Crippen molar-refractivity contribution in [2.75, 3.05) is 18.9 Å². The number of halogens is 1. The van der Waals surface area contributed by atoms with E-state index < -0.39 is 5.82 Å². The highest BCUT2D eigenvalue weighted by molar-refractivity contribution is 5.92. The number of aromatic nitrogens is 2. The maximum absolute atomic E-state index is 14.0. The molecule has 1 aromatic heterocycles. The molecule has 20 heavy (non-hydrogen) atoms. The average Bonchev–Trinajstić information content (AvgIpc) is 2.93. The van der Waals surface area contributed by atoms with Crippen molar-refractivity contribution in [2.24, 2.45) is 5.92 Å². The summed E-state index contributed by atoms with van der Waals surface area (Å²) < 4.78 is 15.4. The van der Waals surface area contributed by atoms with E-state index in [1.54, 1.807) is 44.6 Å². The summed E-state index contributed by atoms with van der Waals surface area (Å²) in [4.78, 5) is 11.8. The Morgan fingerprint density at radius 2 is 2.30 bits per heavy atom. The van der Waals surface area contributed by atoms with Crippen LogP contribution in [0, 0.1) is 11.7 Å². The van der Waals surface area contributed by atoms with Crippen LogP contribution in [0.5, 0.6) is 0 Å². The summed E-state index contributed by atoms with van der Waals surface area (Å²) in [7, 11) is 1.78. The van der Waals surface area contributed by atoms with Crippen LogP contribution in [0.1, 0.15) is 6.92 Å². The van der Waals surface area contributed by atoms with E-state index in [4.69, 9.17) is 0 Å². The maximum Gasteiger partial charge on any atom is 0.228 e. The first-order chi connectivity index (χ1) is 9.61. The first-order valence-electron chi connectivity index (χ1n) is 6.37. The molecule has 1 amide bonds. The van der Waals surface area contributed by atoms with E-state index in [0.717, 1.165) is 0 Å². The molecule has 1 atom stereocenters. The largest absolute Gasteiger partial charge is 0.326 e. The molecule has 106 valence electrons. The molecule has 0 aliphatic heterocycles. The van der Waals surface area contributed by atoms with Gasteiger partial charge in [0.15, 0.2) is 5.82 Å². The van der Waals surface area contributed by atoms with Gasteiger partial charge in [-0.05, 0) is 31.3 Å². The summed E-state index contributed by atoms with van der Waals surface area (Å²) in [6.07, 6.45) is 3.24. The van der Waals surface area contributed by atoms with Gasteiger partial charge in [0.05, 0.1) is 0 Å². The summed E-state index contributed by atoms with van der Waals surface area (Å²) in [6.45, 7) is 2.37. The van der Waals surface area contributed by atoms with Gasteiger partial charge in [0.25, 0.3) is 0 Å². The molecule has 0 aliphatic rings. The van der Waals surface area contributed by atoms with Gasteiger partial charge in [-0.25, -0.2) is 9.07 Å². The van der Waals surface area contributed by atoms with Gasteiger partial charge in [-0.3, -0.25) is 4.79 Å². The summed E-state index contributed by atoms with van der Waals surface area (Å²) in [5, 5.41) is 9.59. The summed E-state index contributed by atoms with van der Waals surface area (Å²) in [5.74, 6) is -0.771. The molecule has 1 heterocycles. The van der Waals surface area contributed by atoms with E-state index in [-0.39, 0.29) is 11.8 Å². The van der Waals surface area contributed by atoms with Crippen molar-refractivity contribution in [3.8, 4) is 5.69 Å². The number of benzene rings is 1. The Bertz CT molecular complexity index is 583. The molecule has 6 heteroatoms. The summed E-state index contributed by atoms with van der Waals surface area (Å²) in [6, 6.07) is 6.25. The molecule has 0 bridgehead atoms. The van der Waals surface area contributed by atoms with Gasteiger partial charge in [-0.2, -0.15) is 5.10 Å². The Morgan fingerprint density at radius 1 is 1.50 bits per heavy atom. The third kappa shape index (κ3) is 3.21. The molecule has 1 aromatic carbocycles. The lowest BCUT2D eigenvalue weighted by Gasteiger charge is -2.12. The monoisotopic (exact) mass is 276 g/mol. The summed E-state index contributed by atoms with van der Waals surface area (Å²) >= 11 is 0. The fourth-order valence-corrected chi connectivity index (χ4v) is 1.85. The molecule has 0 saturated heterocycles. The number of rotatable bonds is 5. The van der Waals surface area contributed by atoms with Crippen molar-refractivity contribution in [1.29, 1.82) is 0 Å². The fourth-order valence-electron chi connectivity index (χ4n) is 1.85. The zero-order valence-corrected chi connectivity index (χ0v) is 11.4. The van der Waals surface area contributed by atoms with Crippen molar-refractivity contribution in [2.45, 2.75) is 6.92 Å². The molecule has 0 radical (unpaired) electrons. The smallest absolute Gasteiger partial charge is 0.228 e. The minimum Gasteiger partial charge on any atom is -0.326 e. The van der Waals surface area contributed by atoms with Gasteiger partial charge >= 0.3 is 0 Å². The van der Waals surface area contributed by atoms with E-state index >= 15 is 0 Å². The van der Waals surface area contributed by atoms with E-state index in [1.807, 2.05) is 0 Å². The molecular weight excluding hydrogens is 259 g/mol. The van der Waals surface area contributed by atoms with Gasteiger partial charge in [0, 0.05) is 30.5 Å². The van der Waals surface area contributed by atoms with Crippen LogP contribution in [-0.2, 0) is 4.79 Å². The van der Waals surface area contributed by atoms with Crippen LogP contribution in [0.2, 0.25) is 0 Å².